The fraction of sp³-hybridized carbons (Fsp3) is 0.312. The molecule has 0 saturated carbocycles. The number of amides is 1. The molecule has 3 heterocycles. The van der Waals surface area contributed by atoms with Gasteiger partial charge in [0, 0.05) is 38.3 Å². The Labute approximate surface area is 134 Å². The zero-order valence-electron chi connectivity index (χ0n) is 13.0. The van der Waals surface area contributed by atoms with Crippen molar-refractivity contribution >= 4 is 17.4 Å². The normalized spacial score (nSPS) is 15.4. The largest absolute Gasteiger partial charge is 0.619 e. The first kappa shape index (κ1) is 15.2. The average molecular weight is 313 g/mol. The van der Waals surface area contributed by atoms with Crippen molar-refractivity contribution in [3.8, 4) is 0 Å². The maximum Gasteiger partial charge on any atom is 0.256 e. The molecule has 1 aliphatic heterocycles. The molecule has 1 amide bonds. The van der Waals surface area contributed by atoms with Crippen LogP contribution in [0.15, 0.2) is 42.9 Å². The fourth-order valence-corrected chi connectivity index (χ4v) is 2.45. The summed E-state index contributed by atoms with van der Waals surface area (Å²) in [5, 5.41) is 13.8. The van der Waals surface area contributed by atoms with Gasteiger partial charge in [-0.3, -0.25) is 4.79 Å². The number of aromatic nitrogens is 2. The summed E-state index contributed by atoms with van der Waals surface area (Å²) in [4.78, 5) is 21.0. The van der Waals surface area contributed by atoms with Gasteiger partial charge in [-0.1, -0.05) is 0 Å². The smallest absolute Gasteiger partial charge is 0.256 e. The van der Waals surface area contributed by atoms with Crippen molar-refractivity contribution < 1.29 is 9.52 Å². The highest BCUT2D eigenvalue weighted by Crippen LogP contribution is 2.16. The summed E-state index contributed by atoms with van der Waals surface area (Å²) in [7, 11) is 2.11. The first-order valence-electron chi connectivity index (χ1n) is 7.51. The van der Waals surface area contributed by atoms with Crippen LogP contribution in [0.3, 0.4) is 0 Å². The molecule has 0 bridgehead atoms. The Kier molecular flexibility index (Phi) is 4.38. The van der Waals surface area contributed by atoms with Gasteiger partial charge < -0.3 is 20.3 Å². The summed E-state index contributed by atoms with van der Waals surface area (Å²) in [5.74, 6) is 0.656. The molecule has 3 rings (SSSR count). The SMILES string of the molecule is CN1CCN(c2ccc(NC(=O)c3cc[n+]([O-])cc3)cn2)CC1. The van der Waals surface area contributed by atoms with E-state index in [1.165, 1.54) is 24.5 Å². The predicted octanol–water partition coefficient (Wildman–Crippen LogP) is 0.719. The van der Waals surface area contributed by atoms with Crippen LogP contribution in [0.1, 0.15) is 10.4 Å². The Morgan fingerprint density at radius 1 is 1.17 bits per heavy atom. The third kappa shape index (κ3) is 3.75. The molecule has 0 aromatic carbocycles. The fourth-order valence-electron chi connectivity index (χ4n) is 2.45. The van der Waals surface area contributed by atoms with E-state index < -0.39 is 0 Å². The number of pyridine rings is 2. The first-order valence-corrected chi connectivity index (χ1v) is 7.51. The molecule has 1 saturated heterocycles. The Morgan fingerprint density at radius 3 is 2.48 bits per heavy atom. The van der Waals surface area contributed by atoms with Crippen molar-refractivity contribution in [3.05, 3.63) is 53.6 Å². The number of hydrogen-bond donors (Lipinski definition) is 1. The van der Waals surface area contributed by atoms with Crippen molar-refractivity contribution in [1.29, 1.82) is 0 Å². The van der Waals surface area contributed by atoms with Crippen molar-refractivity contribution in [1.82, 2.24) is 9.88 Å². The summed E-state index contributed by atoms with van der Waals surface area (Å²) in [5.41, 5.74) is 1.06. The Morgan fingerprint density at radius 2 is 1.87 bits per heavy atom. The molecule has 2 aromatic rings. The molecular formula is C16H19N5O2. The molecule has 23 heavy (non-hydrogen) atoms. The molecule has 2 aromatic heterocycles. The van der Waals surface area contributed by atoms with E-state index in [-0.39, 0.29) is 5.91 Å². The van der Waals surface area contributed by atoms with E-state index in [9.17, 15) is 10.0 Å². The highest BCUT2D eigenvalue weighted by atomic mass is 16.5. The topological polar surface area (TPSA) is 75.4 Å². The van der Waals surface area contributed by atoms with Crippen LogP contribution in [-0.4, -0.2) is 49.0 Å². The van der Waals surface area contributed by atoms with Crippen molar-refractivity contribution in [2.45, 2.75) is 0 Å². The zero-order chi connectivity index (χ0) is 16.2. The summed E-state index contributed by atoms with van der Waals surface area (Å²) in [6.07, 6.45) is 4.25. The Bertz CT molecular complexity index is 664. The molecular weight excluding hydrogens is 294 g/mol. The minimum Gasteiger partial charge on any atom is -0.619 e. The van der Waals surface area contributed by atoms with Crippen molar-refractivity contribution in [3.63, 3.8) is 0 Å². The van der Waals surface area contributed by atoms with Gasteiger partial charge in [-0.2, -0.15) is 4.73 Å². The van der Waals surface area contributed by atoms with Crippen LogP contribution >= 0.6 is 0 Å². The molecule has 1 aliphatic rings. The number of rotatable bonds is 3. The molecule has 1 fully saturated rings. The Hall–Kier alpha value is -2.67. The van der Waals surface area contributed by atoms with Crippen LogP contribution in [0.4, 0.5) is 11.5 Å². The lowest BCUT2D eigenvalue weighted by Crippen LogP contribution is -2.44. The van der Waals surface area contributed by atoms with Crippen LogP contribution in [-0.2, 0) is 0 Å². The lowest BCUT2D eigenvalue weighted by atomic mass is 10.2. The van der Waals surface area contributed by atoms with E-state index in [1.54, 1.807) is 6.20 Å². The predicted molar refractivity (Wildman–Crippen MR) is 87.3 cm³/mol. The van der Waals surface area contributed by atoms with Gasteiger partial charge in [0.2, 0.25) is 0 Å². The molecule has 1 N–H and O–H groups in total. The lowest BCUT2D eigenvalue weighted by molar-refractivity contribution is -0.605. The number of anilines is 2. The van der Waals surface area contributed by atoms with Crippen molar-refractivity contribution in [2.75, 3.05) is 43.4 Å². The summed E-state index contributed by atoms with van der Waals surface area (Å²) < 4.78 is 0.642. The number of carbonyl (C=O) groups is 1. The second-order valence-electron chi connectivity index (χ2n) is 5.60. The molecule has 0 atom stereocenters. The highest BCUT2D eigenvalue weighted by molar-refractivity contribution is 6.04. The lowest BCUT2D eigenvalue weighted by Gasteiger charge is -2.33. The third-order valence-corrected chi connectivity index (χ3v) is 3.90. The number of carbonyl (C=O) groups excluding carboxylic acids is 1. The standard InChI is InChI=1S/C16H19N5O2/c1-19-8-10-20(11-9-19)15-3-2-14(12-17-15)18-16(22)13-4-6-21(23)7-5-13/h2-7,12H,8-11H2,1H3,(H,18,22). The van der Waals surface area contributed by atoms with E-state index in [4.69, 9.17) is 0 Å². The number of hydrogen-bond acceptors (Lipinski definition) is 5. The minimum atomic E-state index is -0.264. The van der Waals surface area contributed by atoms with Gasteiger partial charge in [0.05, 0.1) is 17.4 Å². The molecule has 120 valence electrons. The summed E-state index contributed by atoms with van der Waals surface area (Å²) >= 11 is 0. The van der Waals surface area contributed by atoms with Gasteiger partial charge in [-0.25, -0.2) is 4.98 Å². The van der Waals surface area contributed by atoms with E-state index >= 15 is 0 Å². The number of nitrogens with zero attached hydrogens (tertiary/aromatic N) is 4. The maximum atomic E-state index is 12.1. The van der Waals surface area contributed by atoms with Crippen LogP contribution in [0.25, 0.3) is 0 Å². The van der Waals surface area contributed by atoms with Crippen molar-refractivity contribution in [2.24, 2.45) is 0 Å². The molecule has 0 unspecified atom stereocenters. The van der Waals surface area contributed by atoms with E-state index in [2.05, 4.69) is 27.1 Å². The maximum absolute atomic E-state index is 12.1. The third-order valence-electron chi connectivity index (χ3n) is 3.90. The molecule has 7 nitrogen and oxygen atoms in total. The van der Waals surface area contributed by atoms with Crippen LogP contribution in [0.5, 0.6) is 0 Å². The van der Waals surface area contributed by atoms with Crippen LogP contribution < -0.4 is 14.9 Å². The van der Waals surface area contributed by atoms with Gasteiger partial charge in [0.25, 0.3) is 5.91 Å². The van der Waals surface area contributed by atoms with Gasteiger partial charge in [-0.15, -0.1) is 0 Å². The first-order chi connectivity index (χ1) is 11.1. The van der Waals surface area contributed by atoms with E-state index in [0.717, 1.165) is 32.0 Å². The molecule has 0 radical (unpaired) electrons. The minimum absolute atomic E-state index is 0.264. The Balaban J connectivity index is 1.63. The summed E-state index contributed by atoms with van der Waals surface area (Å²) in [6, 6.07) is 6.72. The van der Waals surface area contributed by atoms with E-state index in [0.29, 0.717) is 16.0 Å². The number of likely N-dealkylation sites (N-methyl/N-ethyl adjacent to an activating group) is 1. The van der Waals surface area contributed by atoms with Crippen LogP contribution in [0.2, 0.25) is 0 Å². The van der Waals surface area contributed by atoms with Crippen LogP contribution in [0, 0.1) is 5.21 Å². The molecule has 7 heteroatoms. The average Bonchev–Trinajstić information content (AvgIpc) is 2.57. The molecule has 0 aliphatic carbocycles. The highest BCUT2D eigenvalue weighted by Gasteiger charge is 2.15. The molecule has 0 spiro atoms. The quantitative estimate of drug-likeness (QED) is 0.667. The van der Waals surface area contributed by atoms with Gasteiger partial charge in [0.1, 0.15) is 5.82 Å². The number of nitrogens with one attached hydrogen (secondary N) is 1. The van der Waals surface area contributed by atoms with E-state index in [1.807, 2.05) is 12.1 Å². The zero-order valence-corrected chi connectivity index (χ0v) is 13.0. The van der Waals surface area contributed by atoms with Gasteiger partial charge in [0.15, 0.2) is 12.4 Å². The second-order valence-corrected chi connectivity index (χ2v) is 5.60. The summed E-state index contributed by atoms with van der Waals surface area (Å²) in [6.45, 7) is 3.95. The van der Waals surface area contributed by atoms with Gasteiger partial charge in [-0.05, 0) is 19.2 Å². The van der Waals surface area contributed by atoms with Gasteiger partial charge >= 0.3 is 0 Å². The monoisotopic (exact) mass is 313 g/mol. The number of piperazine rings is 1. The second kappa shape index (κ2) is 6.62.